The quantitative estimate of drug-likeness (QED) is 0.587. The van der Waals surface area contributed by atoms with Crippen molar-refractivity contribution in [2.45, 2.75) is 38.9 Å². The van der Waals surface area contributed by atoms with Gasteiger partial charge >= 0.3 is 0 Å². The lowest BCUT2D eigenvalue weighted by Crippen LogP contribution is -2.41. The summed E-state index contributed by atoms with van der Waals surface area (Å²) in [7, 11) is 0. The molecule has 3 nitrogen and oxygen atoms in total. The Morgan fingerprint density at radius 3 is 2.23 bits per heavy atom. The van der Waals surface area contributed by atoms with Gasteiger partial charge in [0.25, 0.3) is 0 Å². The van der Waals surface area contributed by atoms with Crippen LogP contribution >= 0.6 is 0 Å². The summed E-state index contributed by atoms with van der Waals surface area (Å²) in [5.74, 6) is 0.591. The van der Waals surface area contributed by atoms with Gasteiger partial charge in [0.15, 0.2) is 0 Å². The van der Waals surface area contributed by atoms with Crippen molar-refractivity contribution >= 4 is 0 Å². The molecule has 0 aromatic heterocycles. The van der Waals surface area contributed by atoms with E-state index in [9.17, 15) is 10.2 Å². The molecule has 1 aliphatic rings. The van der Waals surface area contributed by atoms with Gasteiger partial charge in [0, 0.05) is 12.5 Å². The number of rotatable bonds is 2. The smallest absolute Gasteiger partial charge is 0.0615 e. The second-order valence-corrected chi connectivity index (χ2v) is 4.46. The molecule has 0 saturated heterocycles. The molecule has 78 valence electrons. The third-order valence-electron chi connectivity index (χ3n) is 3.19. The van der Waals surface area contributed by atoms with E-state index in [4.69, 9.17) is 5.11 Å². The van der Waals surface area contributed by atoms with E-state index < -0.39 is 12.2 Å². The van der Waals surface area contributed by atoms with Gasteiger partial charge in [0.05, 0.1) is 12.2 Å². The van der Waals surface area contributed by atoms with Crippen LogP contribution in [0.15, 0.2) is 0 Å². The van der Waals surface area contributed by atoms with E-state index in [1.807, 2.05) is 0 Å². The highest BCUT2D eigenvalue weighted by molar-refractivity contribution is 4.86. The molecule has 3 heteroatoms. The first-order valence-corrected chi connectivity index (χ1v) is 5.03. The van der Waals surface area contributed by atoms with Crippen LogP contribution in [0.5, 0.6) is 0 Å². The summed E-state index contributed by atoms with van der Waals surface area (Å²) < 4.78 is 0. The van der Waals surface area contributed by atoms with Crippen LogP contribution in [0.2, 0.25) is 0 Å². The number of aliphatic hydroxyl groups is 3. The van der Waals surface area contributed by atoms with Gasteiger partial charge in [-0.05, 0) is 24.7 Å². The molecule has 0 spiro atoms. The van der Waals surface area contributed by atoms with Gasteiger partial charge in [-0.3, -0.25) is 0 Å². The molecule has 1 fully saturated rings. The Hall–Kier alpha value is -0.120. The Labute approximate surface area is 79.4 Å². The zero-order valence-corrected chi connectivity index (χ0v) is 8.35. The molecular weight excluding hydrogens is 168 g/mol. The van der Waals surface area contributed by atoms with E-state index in [1.54, 1.807) is 0 Å². The van der Waals surface area contributed by atoms with Crippen LogP contribution in [0.4, 0.5) is 0 Å². The van der Waals surface area contributed by atoms with Crippen LogP contribution in [-0.4, -0.2) is 34.1 Å². The monoisotopic (exact) mass is 188 g/mol. The maximum absolute atomic E-state index is 9.68. The van der Waals surface area contributed by atoms with E-state index >= 15 is 0 Å². The fourth-order valence-corrected chi connectivity index (χ4v) is 2.19. The summed E-state index contributed by atoms with van der Waals surface area (Å²) in [6.07, 6.45) is 0.206. The minimum atomic E-state index is -0.532. The molecule has 0 heterocycles. The van der Waals surface area contributed by atoms with E-state index in [2.05, 4.69) is 13.8 Å². The van der Waals surface area contributed by atoms with Gasteiger partial charge < -0.3 is 15.3 Å². The Bertz CT molecular complexity index is 158. The molecule has 4 atom stereocenters. The van der Waals surface area contributed by atoms with Crippen molar-refractivity contribution in [3.8, 4) is 0 Å². The highest BCUT2D eigenvalue weighted by Gasteiger charge is 2.36. The normalized spacial score (nSPS) is 41.1. The summed E-state index contributed by atoms with van der Waals surface area (Å²) in [4.78, 5) is 0. The maximum Gasteiger partial charge on any atom is 0.0615 e. The van der Waals surface area contributed by atoms with Crippen molar-refractivity contribution < 1.29 is 15.3 Å². The van der Waals surface area contributed by atoms with Gasteiger partial charge in [0.1, 0.15) is 0 Å². The first-order valence-electron chi connectivity index (χ1n) is 5.03. The third kappa shape index (κ3) is 2.42. The molecule has 0 radical (unpaired) electrons. The van der Waals surface area contributed by atoms with Crippen LogP contribution in [0, 0.1) is 17.8 Å². The summed E-state index contributed by atoms with van der Waals surface area (Å²) in [5, 5.41) is 28.2. The van der Waals surface area contributed by atoms with Gasteiger partial charge in [-0.15, -0.1) is 0 Å². The number of hydrogen-bond donors (Lipinski definition) is 3. The molecule has 3 N–H and O–H groups in total. The summed E-state index contributed by atoms with van der Waals surface area (Å²) in [6, 6.07) is 0. The molecule has 0 aliphatic heterocycles. The van der Waals surface area contributed by atoms with E-state index in [0.29, 0.717) is 12.3 Å². The topological polar surface area (TPSA) is 60.7 Å². The molecule has 0 amide bonds. The largest absolute Gasteiger partial charge is 0.396 e. The second-order valence-electron chi connectivity index (χ2n) is 4.46. The third-order valence-corrected chi connectivity index (χ3v) is 3.19. The van der Waals surface area contributed by atoms with Crippen LogP contribution in [0.3, 0.4) is 0 Å². The molecule has 0 aromatic carbocycles. The Balaban J connectivity index is 2.58. The lowest BCUT2D eigenvalue weighted by Gasteiger charge is -2.38. The van der Waals surface area contributed by atoms with Crippen molar-refractivity contribution in [1.82, 2.24) is 0 Å². The fraction of sp³-hybridized carbons (Fsp3) is 1.00. The molecule has 1 aliphatic carbocycles. The SMILES string of the molecule is CC(C)[C@@H]1C[C@@H](CO)C(O)C[C@@H]1O. The molecular formula is C10H20O3. The van der Waals surface area contributed by atoms with Crippen molar-refractivity contribution in [2.24, 2.45) is 17.8 Å². The minimum Gasteiger partial charge on any atom is -0.396 e. The van der Waals surface area contributed by atoms with Gasteiger partial charge in [0.2, 0.25) is 0 Å². The molecule has 1 rings (SSSR count). The first-order chi connectivity index (χ1) is 6.06. The average molecular weight is 188 g/mol. The standard InChI is InChI=1S/C10H20O3/c1-6(2)8-3-7(5-11)9(12)4-10(8)13/h6-13H,3-5H2,1-2H3/t7-,8-,9?,10-/m0/s1. The Morgan fingerprint density at radius 2 is 1.77 bits per heavy atom. The number of hydrogen-bond acceptors (Lipinski definition) is 3. The highest BCUT2D eigenvalue weighted by atomic mass is 16.3. The van der Waals surface area contributed by atoms with Crippen molar-refractivity contribution in [3.63, 3.8) is 0 Å². The van der Waals surface area contributed by atoms with Crippen molar-refractivity contribution in [2.75, 3.05) is 6.61 Å². The minimum absolute atomic E-state index is 0.0249. The van der Waals surface area contributed by atoms with Crippen LogP contribution in [0.25, 0.3) is 0 Å². The molecule has 0 bridgehead atoms. The van der Waals surface area contributed by atoms with Crippen LogP contribution in [-0.2, 0) is 0 Å². The van der Waals surface area contributed by atoms with Gasteiger partial charge in [-0.1, -0.05) is 13.8 Å². The maximum atomic E-state index is 9.68. The molecule has 1 unspecified atom stereocenters. The van der Waals surface area contributed by atoms with E-state index in [0.717, 1.165) is 6.42 Å². The lowest BCUT2D eigenvalue weighted by molar-refractivity contribution is -0.0611. The second kappa shape index (κ2) is 4.40. The zero-order chi connectivity index (χ0) is 10.0. The Morgan fingerprint density at radius 1 is 1.15 bits per heavy atom. The van der Waals surface area contributed by atoms with Crippen LogP contribution in [0.1, 0.15) is 26.7 Å². The highest BCUT2D eigenvalue weighted by Crippen LogP contribution is 2.33. The van der Waals surface area contributed by atoms with Gasteiger partial charge in [-0.25, -0.2) is 0 Å². The number of aliphatic hydroxyl groups excluding tert-OH is 3. The van der Waals surface area contributed by atoms with E-state index in [1.165, 1.54) is 0 Å². The predicted molar refractivity (Wildman–Crippen MR) is 50.2 cm³/mol. The summed E-state index contributed by atoms with van der Waals surface area (Å²) in [5.41, 5.74) is 0. The molecule has 13 heavy (non-hydrogen) atoms. The fourth-order valence-electron chi connectivity index (χ4n) is 2.19. The Kier molecular flexibility index (Phi) is 3.71. The first kappa shape index (κ1) is 11.0. The average Bonchev–Trinajstić information content (AvgIpc) is 2.03. The van der Waals surface area contributed by atoms with Gasteiger partial charge in [-0.2, -0.15) is 0 Å². The van der Waals surface area contributed by atoms with Crippen molar-refractivity contribution in [1.29, 1.82) is 0 Å². The van der Waals surface area contributed by atoms with Crippen LogP contribution < -0.4 is 0 Å². The molecule has 1 saturated carbocycles. The lowest BCUT2D eigenvalue weighted by atomic mass is 9.73. The molecule has 0 aromatic rings. The summed E-state index contributed by atoms with van der Waals surface area (Å²) >= 11 is 0. The summed E-state index contributed by atoms with van der Waals surface area (Å²) in [6.45, 7) is 4.16. The predicted octanol–water partition coefficient (Wildman–Crippen LogP) is 0.383. The van der Waals surface area contributed by atoms with Crippen molar-refractivity contribution in [3.05, 3.63) is 0 Å². The van der Waals surface area contributed by atoms with E-state index in [-0.39, 0.29) is 18.4 Å². The zero-order valence-electron chi connectivity index (χ0n) is 8.35.